The number of rotatable bonds is 2. The summed E-state index contributed by atoms with van der Waals surface area (Å²) in [5.41, 5.74) is 9.40. The van der Waals surface area contributed by atoms with E-state index in [1.807, 2.05) is 0 Å². The fraction of sp³-hybridized carbons (Fsp3) is 0.467. The third-order valence-corrected chi connectivity index (χ3v) is 3.17. The SMILES string of the molecule is CCc1ccc2oc(CN)c(C(C)(C)C)c2c1. The average Bonchev–Trinajstić information content (AvgIpc) is 2.65. The topological polar surface area (TPSA) is 39.2 Å². The van der Waals surface area contributed by atoms with Crippen LogP contribution in [0.4, 0.5) is 0 Å². The molecule has 2 heteroatoms. The Hall–Kier alpha value is -1.28. The normalized spacial score (nSPS) is 12.3. The van der Waals surface area contributed by atoms with Crippen molar-refractivity contribution in [2.75, 3.05) is 0 Å². The van der Waals surface area contributed by atoms with Crippen LogP contribution in [0.3, 0.4) is 0 Å². The van der Waals surface area contributed by atoms with Crippen molar-refractivity contribution in [2.45, 2.75) is 46.1 Å². The monoisotopic (exact) mass is 231 g/mol. The Bertz CT molecular complexity index is 532. The molecule has 0 aliphatic rings. The molecule has 2 rings (SSSR count). The van der Waals surface area contributed by atoms with Gasteiger partial charge in [0.2, 0.25) is 0 Å². The van der Waals surface area contributed by atoms with Gasteiger partial charge in [0.15, 0.2) is 0 Å². The van der Waals surface area contributed by atoms with Gasteiger partial charge in [-0.3, -0.25) is 0 Å². The van der Waals surface area contributed by atoms with Crippen molar-refractivity contribution in [2.24, 2.45) is 5.73 Å². The van der Waals surface area contributed by atoms with E-state index in [0.717, 1.165) is 17.8 Å². The second-order valence-electron chi connectivity index (χ2n) is 5.54. The molecular weight excluding hydrogens is 210 g/mol. The number of hydrogen-bond acceptors (Lipinski definition) is 2. The number of benzene rings is 1. The Morgan fingerprint density at radius 2 is 1.94 bits per heavy atom. The molecule has 0 saturated heterocycles. The lowest BCUT2D eigenvalue weighted by atomic mass is 9.84. The van der Waals surface area contributed by atoms with Crippen LogP contribution < -0.4 is 5.73 Å². The molecule has 17 heavy (non-hydrogen) atoms. The first kappa shape index (κ1) is 12.2. The molecule has 92 valence electrons. The van der Waals surface area contributed by atoms with Crippen LogP contribution >= 0.6 is 0 Å². The lowest BCUT2D eigenvalue weighted by Gasteiger charge is -2.19. The van der Waals surface area contributed by atoms with Crippen molar-refractivity contribution in [3.8, 4) is 0 Å². The fourth-order valence-corrected chi connectivity index (χ4v) is 2.38. The molecule has 0 fully saturated rings. The Morgan fingerprint density at radius 1 is 1.24 bits per heavy atom. The summed E-state index contributed by atoms with van der Waals surface area (Å²) in [6, 6.07) is 6.42. The van der Waals surface area contributed by atoms with E-state index in [1.165, 1.54) is 16.5 Å². The van der Waals surface area contributed by atoms with Crippen LogP contribution in [0.1, 0.15) is 44.6 Å². The highest BCUT2D eigenvalue weighted by Crippen LogP contribution is 2.35. The van der Waals surface area contributed by atoms with Crippen LogP contribution in [0, 0.1) is 0 Å². The maximum atomic E-state index is 5.85. The lowest BCUT2D eigenvalue weighted by molar-refractivity contribution is 0.511. The van der Waals surface area contributed by atoms with Crippen molar-refractivity contribution >= 4 is 11.0 Å². The van der Waals surface area contributed by atoms with Gasteiger partial charge in [-0.25, -0.2) is 0 Å². The van der Waals surface area contributed by atoms with Crippen LogP contribution in [-0.4, -0.2) is 0 Å². The third-order valence-electron chi connectivity index (χ3n) is 3.17. The number of furan rings is 1. The van der Waals surface area contributed by atoms with E-state index in [-0.39, 0.29) is 5.41 Å². The Morgan fingerprint density at radius 3 is 2.47 bits per heavy atom. The van der Waals surface area contributed by atoms with Crippen molar-refractivity contribution in [3.63, 3.8) is 0 Å². The van der Waals surface area contributed by atoms with Gasteiger partial charge in [-0.1, -0.05) is 33.8 Å². The molecule has 0 unspecified atom stereocenters. The van der Waals surface area contributed by atoms with Crippen LogP contribution in [0.15, 0.2) is 22.6 Å². The van der Waals surface area contributed by atoms with Gasteiger partial charge in [0.1, 0.15) is 11.3 Å². The summed E-state index contributed by atoms with van der Waals surface area (Å²) in [7, 11) is 0. The number of aryl methyl sites for hydroxylation is 1. The average molecular weight is 231 g/mol. The van der Waals surface area contributed by atoms with Crippen molar-refractivity contribution in [1.82, 2.24) is 0 Å². The minimum Gasteiger partial charge on any atom is -0.459 e. The summed E-state index contributed by atoms with van der Waals surface area (Å²) in [6.07, 6.45) is 1.04. The van der Waals surface area contributed by atoms with Crippen LogP contribution in [0.25, 0.3) is 11.0 Å². The summed E-state index contributed by atoms with van der Waals surface area (Å²) >= 11 is 0. The Labute approximate surface area is 103 Å². The smallest absolute Gasteiger partial charge is 0.134 e. The third kappa shape index (κ3) is 2.09. The summed E-state index contributed by atoms with van der Waals surface area (Å²) in [5.74, 6) is 0.917. The maximum Gasteiger partial charge on any atom is 0.134 e. The Kier molecular flexibility index (Phi) is 3.00. The molecule has 0 amide bonds. The van der Waals surface area contributed by atoms with Crippen molar-refractivity contribution in [1.29, 1.82) is 0 Å². The minimum absolute atomic E-state index is 0.0618. The van der Waals surface area contributed by atoms with E-state index >= 15 is 0 Å². The molecule has 0 aliphatic carbocycles. The number of nitrogens with two attached hydrogens (primary N) is 1. The first-order valence-electron chi connectivity index (χ1n) is 6.22. The predicted molar refractivity (Wildman–Crippen MR) is 72.2 cm³/mol. The molecule has 0 radical (unpaired) electrons. The molecule has 2 nitrogen and oxygen atoms in total. The lowest BCUT2D eigenvalue weighted by Crippen LogP contribution is -2.14. The zero-order valence-electron chi connectivity index (χ0n) is 11.1. The van der Waals surface area contributed by atoms with Crippen LogP contribution in [0.5, 0.6) is 0 Å². The van der Waals surface area contributed by atoms with Gasteiger partial charge >= 0.3 is 0 Å². The molecule has 0 aliphatic heterocycles. The molecule has 0 spiro atoms. The van der Waals surface area contributed by atoms with Gasteiger partial charge in [0, 0.05) is 10.9 Å². The summed E-state index contributed by atoms with van der Waals surface area (Å²) < 4.78 is 5.85. The molecule has 1 heterocycles. The zero-order valence-corrected chi connectivity index (χ0v) is 11.1. The van der Waals surface area contributed by atoms with E-state index < -0.39 is 0 Å². The summed E-state index contributed by atoms with van der Waals surface area (Å²) in [5, 5.41) is 1.22. The van der Waals surface area contributed by atoms with Gasteiger partial charge in [-0.05, 0) is 29.5 Å². The van der Waals surface area contributed by atoms with Crippen molar-refractivity contribution in [3.05, 3.63) is 35.1 Å². The van der Waals surface area contributed by atoms with Crippen molar-refractivity contribution < 1.29 is 4.42 Å². The molecule has 2 aromatic rings. The van der Waals surface area contributed by atoms with Gasteiger partial charge in [0.05, 0.1) is 6.54 Å². The van der Waals surface area contributed by atoms with Crippen LogP contribution in [-0.2, 0) is 18.4 Å². The molecule has 2 N–H and O–H groups in total. The van der Waals surface area contributed by atoms with E-state index in [4.69, 9.17) is 10.2 Å². The van der Waals surface area contributed by atoms with Crippen LogP contribution in [0.2, 0.25) is 0 Å². The Balaban J connectivity index is 2.76. The highest BCUT2D eigenvalue weighted by Gasteiger charge is 2.24. The second-order valence-corrected chi connectivity index (χ2v) is 5.54. The fourth-order valence-electron chi connectivity index (χ4n) is 2.38. The zero-order chi connectivity index (χ0) is 12.6. The van der Waals surface area contributed by atoms with Gasteiger partial charge in [-0.15, -0.1) is 0 Å². The number of fused-ring (bicyclic) bond motifs is 1. The van der Waals surface area contributed by atoms with E-state index in [0.29, 0.717) is 6.54 Å². The largest absolute Gasteiger partial charge is 0.459 e. The second kappa shape index (κ2) is 4.19. The van der Waals surface area contributed by atoms with E-state index in [9.17, 15) is 0 Å². The number of hydrogen-bond donors (Lipinski definition) is 1. The van der Waals surface area contributed by atoms with Gasteiger partial charge < -0.3 is 10.2 Å². The highest BCUT2D eigenvalue weighted by atomic mass is 16.3. The highest BCUT2D eigenvalue weighted by molar-refractivity contribution is 5.84. The molecule has 0 bridgehead atoms. The van der Waals surface area contributed by atoms with E-state index in [2.05, 4.69) is 45.9 Å². The first-order valence-corrected chi connectivity index (χ1v) is 6.22. The standard InChI is InChI=1S/C15H21NO/c1-5-10-6-7-12-11(8-10)14(15(2,3)4)13(9-16)17-12/h6-8H,5,9,16H2,1-4H3. The maximum absolute atomic E-state index is 5.85. The first-order chi connectivity index (χ1) is 7.97. The minimum atomic E-state index is 0.0618. The molecule has 1 aromatic carbocycles. The summed E-state index contributed by atoms with van der Waals surface area (Å²) in [6.45, 7) is 9.24. The molecule has 0 atom stereocenters. The molecular formula is C15H21NO. The quantitative estimate of drug-likeness (QED) is 0.855. The van der Waals surface area contributed by atoms with E-state index in [1.54, 1.807) is 0 Å². The molecule has 0 saturated carbocycles. The van der Waals surface area contributed by atoms with Gasteiger partial charge in [0.25, 0.3) is 0 Å². The van der Waals surface area contributed by atoms with Gasteiger partial charge in [-0.2, -0.15) is 0 Å². The predicted octanol–water partition coefficient (Wildman–Crippen LogP) is 3.75. The molecule has 1 aromatic heterocycles. The summed E-state index contributed by atoms with van der Waals surface area (Å²) in [4.78, 5) is 0.